The minimum absolute atomic E-state index is 0.155. The van der Waals surface area contributed by atoms with Gasteiger partial charge in [-0.15, -0.1) is 0 Å². The maximum absolute atomic E-state index is 8.73. The lowest BCUT2D eigenvalue weighted by molar-refractivity contribution is -0.00461. The van der Waals surface area contributed by atoms with E-state index in [9.17, 15) is 0 Å². The second-order valence-corrected chi connectivity index (χ2v) is 5.78. The second kappa shape index (κ2) is 7.07. The van der Waals surface area contributed by atoms with Gasteiger partial charge < -0.3 is 20.4 Å². The van der Waals surface area contributed by atoms with E-state index >= 15 is 0 Å². The van der Waals surface area contributed by atoms with Crippen LogP contribution in [0, 0.1) is 5.41 Å². The summed E-state index contributed by atoms with van der Waals surface area (Å²) in [5.74, 6) is 0.290. The van der Waals surface area contributed by atoms with Gasteiger partial charge in [-0.05, 0) is 19.4 Å². The van der Waals surface area contributed by atoms with Gasteiger partial charge in [0.15, 0.2) is 0 Å². The van der Waals surface area contributed by atoms with E-state index in [1.54, 1.807) is 14.2 Å². The van der Waals surface area contributed by atoms with Crippen molar-refractivity contribution < 1.29 is 14.7 Å². The standard InChI is InChI=1S/C13H27N3O3/c1-13(2,12(14)15-17)6-5-7-16-8-10(18-3)11(9-16)19-4/h10-11,17H,5-9H2,1-4H3,(H2,14,15). The molecule has 1 heterocycles. The average molecular weight is 273 g/mol. The van der Waals surface area contributed by atoms with Gasteiger partial charge in [-0.2, -0.15) is 0 Å². The van der Waals surface area contributed by atoms with E-state index < -0.39 is 0 Å². The van der Waals surface area contributed by atoms with Crippen molar-refractivity contribution in [2.75, 3.05) is 33.9 Å². The summed E-state index contributed by atoms with van der Waals surface area (Å²) in [6.07, 6.45) is 2.19. The summed E-state index contributed by atoms with van der Waals surface area (Å²) >= 11 is 0. The average Bonchev–Trinajstić information content (AvgIpc) is 2.79. The van der Waals surface area contributed by atoms with Crippen LogP contribution in [-0.4, -0.2) is 62.0 Å². The van der Waals surface area contributed by atoms with Gasteiger partial charge in [0.1, 0.15) is 5.84 Å². The molecule has 0 aromatic carbocycles. The van der Waals surface area contributed by atoms with Crippen molar-refractivity contribution in [3.63, 3.8) is 0 Å². The van der Waals surface area contributed by atoms with Crippen LogP contribution in [-0.2, 0) is 9.47 Å². The molecule has 2 unspecified atom stereocenters. The lowest BCUT2D eigenvalue weighted by atomic mass is 9.86. The van der Waals surface area contributed by atoms with Gasteiger partial charge >= 0.3 is 0 Å². The van der Waals surface area contributed by atoms with E-state index in [1.807, 2.05) is 13.8 Å². The Labute approximate surface area is 115 Å². The Hall–Kier alpha value is -0.850. The van der Waals surface area contributed by atoms with E-state index in [4.69, 9.17) is 20.4 Å². The van der Waals surface area contributed by atoms with E-state index in [-0.39, 0.29) is 17.6 Å². The highest BCUT2D eigenvalue weighted by molar-refractivity contribution is 5.85. The smallest absolute Gasteiger partial charge is 0.144 e. The van der Waals surface area contributed by atoms with Crippen LogP contribution >= 0.6 is 0 Å². The molecule has 0 aromatic rings. The number of hydrogen-bond donors (Lipinski definition) is 2. The Morgan fingerprint density at radius 1 is 1.32 bits per heavy atom. The number of amidine groups is 1. The highest BCUT2D eigenvalue weighted by atomic mass is 16.5. The molecule has 0 saturated carbocycles. The Morgan fingerprint density at radius 3 is 2.26 bits per heavy atom. The molecule has 1 aliphatic rings. The molecule has 0 bridgehead atoms. The van der Waals surface area contributed by atoms with Crippen LogP contribution in [0.5, 0.6) is 0 Å². The number of ether oxygens (including phenoxy) is 2. The topological polar surface area (TPSA) is 80.3 Å². The highest BCUT2D eigenvalue weighted by Gasteiger charge is 2.33. The van der Waals surface area contributed by atoms with Crippen molar-refractivity contribution in [1.82, 2.24) is 4.90 Å². The van der Waals surface area contributed by atoms with Gasteiger partial charge in [-0.1, -0.05) is 19.0 Å². The quantitative estimate of drug-likeness (QED) is 0.311. The van der Waals surface area contributed by atoms with Crippen molar-refractivity contribution in [2.45, 2.75) is 38.9 Å². The first-order valence-corrected chi connectivity index (χ1v) is 6.70. The summed E-state index contributed by atoms with van der Waals surface area (Å²) in [6.45, 7) is 6.75. The van der Waals surface area contributed by atoms with Crippen LogP contribution < -0.4 is 5.73 Å². The van der Waals surface area contributed by atoms with Crippen LogP contribution in [0.3, 0.4) is 0 Å². The molecule has 1 rings (SSSR count). The minimum Gasteiger partial charge on any atom is -0.409 e. The summed E-state index contributed by atoms with van der Waals surface area (Å²) in [6, 6.07) is 0. The molecule has 0 aliphatic carbocycles. The van der Waals surface area contributed by atoms with Crippen LogP contribution in [0.25, 0.3) is 0 Å². The molecule has 1 saturated heterocycles. The monoisotopic (exact) mass is 273 g/mol. The van der Waals surface area contributed by atoms with Gasteiger partial charge in [0.05, 0.1) is 12.2 Å². The SMILES string of the molecule is COC1CN(CCCC(C)(C)C(N)=NO)CC1OC. The van der Waals surface area contributed by atoms with Crippen molar-refractivity contribution in [3.05, 3.63) is 0 Å². The first kappa shape index (κ1) is 16.2. The van der Waals surface area contributed by atoms with E-state index in [1.165, 1.54) is 0 Å². The van der Waals surface area contributed by atoms with E-state index in [0.29, 0.717) is 5.84 Å². The van der Waals surface area contributed by atoms with Gasteiger partial charge in [-0.25, -0.2) is 0 Å². The Bertz CT molecular complexity index is 296. The number of nitrogens with zero attached hydrogens (tertiary/aromatic N) is 2. The number of hydrogen-bond acceptors (Lipinski definition) is 5. The van der Waals surface area contributed by atoms with Gasteiger partial charge in [0.2, 0.25) is 0 Å². The van der Waals surface area contributed by atoms with Crippen LogP contribution in [0.4, 0.5) is 0 Å². The highest BCUT2D eigenvalue weighted by Crippen LogP contribution is 2.23. The molecular formula is C13H27N3O3. The minimum atomic E-state index is -0.268. The molecule has 3 N–H and O–H groups in total. The van der Waals surface area contributed by atoms with Crippen molar-refractivity contribution in [2.24, 2.45) is 16.3 Å². The van der Waals surface area contributed by atoms with Crippen molar-refractivity contribution in [1.29, 1.82) is 0 Å². The zero-order valence-corrected chi connectivity index (χ0v) is 12.4. The molecule has 19 heavy (non-hydrogen) atoms. The van der Waals surface area contributed by atoms with Gasteiger partial charge in [-0.3, -0.25) is 4.90 Å². The summed E-state index contributed by atoms with van der Waals surface area (Å²) < 4.78 is 10.8. The second-order valence-electron chi connectivity index (χ2n) is 5.78. The molecule has 2 atom stereocenters. The fourth-order valence-electron chi connectivity index (χ4n) is 2.46. The summed E-state index contributed by atoms with van der Waals surface area (Å²) in [5.41, 5.74) is 5.41. The van der Waals surface area contributed by atoms with Crippen LogP contribution in [0.2, 0.25) is 0 Å². The molecular weight excluding hydrogens is 246 g/mol. The third kappa shape index (κ3) is 4.33. The molecule has 6 heteroatoms. The molecule has 112 valence electrons. The molecule has 0 amide bonds. The zero-order chi connectivity index (χ0) is 14.5. The van der Waals surface area contributed by atoms with Crippen molar-refractivity contribution >= 4 is 5.84 Å². The first-order valence-electron chi connectivity index (χ1n) is 6.70. The number of rotatable bonds is 7. The number of oxime groups is 1. The van der Waals surface area contributed by atoms with Gasteiger partial charge in [0, 0.05) is 32.7 Å². The molecule has 0 radical (unpaired) electrons. The lowest BCUT2D eigenvalue weighted by Gasteiger charge is -2.24. The Morgan fingerprint density at radius 2 is 1.84 bits per heavy atom. The predicted molar refractivity (Wildman–Crippen MR) is 74.5 cm³/mol. The number of likely N-dealkylation sites (tertiary alicyclic amines) is 1. The largest absolute Gasteiger partial charge is 0.409 e. The summed E-state index contributed by atoms with van der Waals surface area (Å²) in [7, 11) is 3.45. The summed E-state index contributed by atoms with van der Waals surface area (Å²) in [5, 5.41) is 11.8. The molecule has 1 fully saturated rings. The Kier molecular flexibility index (Phi) is 6.03. The third-order valence-electron chi connectivity index (χ3n) is 3.97. The molecule has 0 spiro atoms. The Balaban J connectivity index is 2.35. The van der Waals surface area contributed by atoms with Crippen LogP contribution in [0.15, 0.2) is 5.16 Å². The molecule has 1 aliphatic heterocycles. The first-order chi connectivity index (χ1) is 8.94. The molecule has 6 nitrogen and oxygen atoms in total. The summed E-state index contributed by atoms with van der Waals surface area (Å²) in [4.78, 5) is 2.34. The fraction of sp³-hybridized carbons (Fsp3) is 0.923. The van der Waals surface area contributed by atoms with E-state index in [2.05, 4.69) is 10.1 Å². The number of nitrogens with two attached hydrogens (primary N) is 1. The maximum atomic E-state index is 8.73. The maximum Gasteiger partial charge on any atom is 0.144 e. The van der Waals surface area contributed by atoms with Gasteiger partial charge in [0.25, 0.3) is 0 Å². The number of methoxy groups -OCH3 is 2. The predicted octanol–water partition coefficient (Wildman–Crippen LogP) is 0.885. The molecule has 0 aromatic heterocycles. The van der Waals surface area contributed by atoms with E-state index in [0.717, 1.165) is 32.5 Å². The van der Waals surface area contributed by atoms with Crippen LogP contribution in [0.1, 0.15) is 26.7 Å². The van der Waals surface area contributed by atoms with Crippen molar-refractivity contribution in [3.8, 4) is 0 Å². The zero-order valence-electron chi connectivity index (χ0n) is 12.4. The third-order valence-corrected chi connectivity index (χ3v) is 3.97. The lowest BCUT2D eigenvalue weighted by Crippen LogP contribution is -2.33. The fourth-order valence-corrected chi connectivity index (χ4v) is 2.46. The normalized spacial score (nSPS) is 26.0.